The molecule has 0 saturated carbocycles. The van der Waals surface area contributed by atoms with Crippen molar-refractivity contribution in [2.24, 2.45) is 5.41 Å². The average Bonchev–Trinajstić information content (AvgIpc) is 2.56. The molecule has 4 heteroatoms. The van der Waals surface area contributed by atoms with Gasteiger partial charge in [0.15, 0.2) is 0 Å². The van der Waals surface area contributed by atoms with Crippen LogP contribution < -0.4 is 5.32 Å². The van der Waals surface area contributed by atoms with Crippen molar-refractivity contribution in [3.63, 3.8) is 0 Å². The molecular weight excluding hydrogens is 264 g/mol. The minimum atomic E-state index is -0.228. The van der Waals surface area contributed by atoms with Crippen molar-refractivity contribution in [1.82, 2.24) is 10.3 Å². The predicted molar refractivity (Wildman–Crippen MR) is 84.2 cm³/mol. The summed E-state index contributed by atoms with van der Waals surface area (Å²) in [6, 6.07) is 9.27. The average molecular weight is 286 g/mol. The van der Waals surface area contributed by atoms with Gasteiger partial charge >= 0.3 is 0 Å². The highest BCUT2D eigenvalue weighted by Gasteiger charge is 2.25. The first kappa shape index (κ1) is 15.4. The van der Waals surface area contributed by atoms with Gasteiger partial charge in [0.25, 0.3) is 5.91 Å². The highest BCUT2D eigenvalue weighted by atomic mass is 16.3. The van der Waals surface area contributed by atoms with Gasteiger partial charge in [-0.1, -0.05) is 19.9 Å². The van der Waals surface area contributed by atoms with E-state index in [4.69, 9.17) is 0 Å². The number of aromatic nitrogens is 1. The molecule has 0 unspecified atom stereocenters. The zero-order valence-electron chi connectivity index (χ0n) is 12.6. The van der Waals surface area contributed by atoms with Crippen LogP contribution in [0.4, 0.5) is 0 Å². The van der Waals surface area contributed by atoms with Crippen LogP contribution in [0.5, 0.6) is 0 Å². The molecule has 2 rings (SSSR count). The number of hydrogen-bond acceptors (Lipinski definition) is 3. The molecule has 0 aliphatic rings. The molecule has 1 aromatic heterocycles. The van der Waals surface area contributed by atoms with E-state index in [0.29, 0.717) is 12.1 Å². The zero-order valence-corrected chi connectivity index (χ0v) is 12.6. The summed E-state index contributed by atoms with van der Waals surface area (Å²) < 4.78 is 0. The number of pyridine rings is 1. The number of benzene rings is 1. The molecule has 112 valence electrons. The van der Waals surface area contributed by atoms with E-state index in [2.05, 4.69) is 10.3 Å². The van der Waals surface area contributed by atoms with Gasteiger partial charge in [-0.05, 0) is 37.1 Å². The molecule has 1 aromatic carbocycles. The van der Waals surface area contributed by atoms with Crippen LogP contribution in [-0.2, 0) is 0 Å². The summed E-state index contributed by atoms with van der Waals surface area (Å²) in [6.07, 6.45) is 3.41. The molecule has 2 aromatic rings. The second-order valence-electron chi connectivity index (χ2n) is 5.46. The van der Waals surface area contributed by atoms with Gasteiger partial charge in [-0.2, -0.15) is 0 Å². The fourth-order valence-corrected chi connectivity index (χ4v) is 2.37. The number of carbonyl (C=O) groups excluding carboxylic acids is 1. The lowest BCUT2D eigenvalue weighted by Gasteiger charge is -2.29. The molecule has 0 aliphatic carbocycles. The molecule has 0 atom stereocenters. The maximum atomic E-state index is 12.3. The summed E-state index contributed by atoms with van der Waals surface area (Å²) in [7, 11) is 0. The number of fused-ring (bicyclic) bond motifs is 1. The molecule has 0 spiro atoms. The van der Waals surface area contributed by atoms with E-state index in [0.717, 1.165) is 23.7 Å². The van der Waals surface area contributed by atoms with Gasteiger partial charge in [0.1, 0.15) is 0 Å². The number of carbonyl (C=O) groups is 1. The highest BCUT2D eigenvalue weighted by molar-refractivity contribution is 5.97. The van der Waals surface area contributed by atoms with Gasteiger partial charge in [-0.25, -0.2) is 0 Å². The number of amides is 1. The predicted octanol–water partition coefficient (Wildman–Crippen LogP) is 2.76. The smallest absolute Gasteiger partial charge is 0.251 e. The van der Waals surface area contributed by atoms with Gasteiger partial charge in [0, 0.05) is 29.1 Å². The Morgan fingerprint density at radius 2 is 2.05 bits per heavy atom. The first-order chi connectivity index (χ1) is 10.1. The van der Waals surface area contributed by atoms with Crippen molar-refractivity contribution in [2.75, 3.05) is 13.2 Å². The zero-order chi connectivity index (χ0) is 15.3. The van der Waals surface area contributed by atoms with Gasteiger partial charge in [-0.15, -0.1) is 0 Å². The fourth-order valence-electron chi connectivity index (χ4n) is 2.37. The maximum absolute atomic E-state index is 12.3. The van der Waals surface area contributed by atoms with Crippen LogP contribution in [0.15, 0.2) is 36.5 Å². The molecular formula is C17H22N2O2. The molecule has 4 nitrogen and oxygen atoms in total. The van der Waals surface area contributed by atoms with Crippen molar-refractivity contribution in [2.45, 2.75) is 26.7 Å². The number of aliphatic hydroxyl groups is 1. The van der Waals surface area contributed by atoms with Gasteiger partial charge < -0.3 is 10.4 Å². The third kappa shape index (κ3) is 3.39. The Hall–Kier alpha value is -1.94. The fraction of sp³-hybridized carbons (Fsp3) is 0.412. The molecule has 1 heterocycles. The minimum absolute atomic E-state index is 0.0852. The standard InChI is InChI=1S/C17H22N2O2/c1-3-17(4-2,12-20)11-19-16(21)14-7-8-15-13(10-14)6-5-9-18-15/h5-10,20H,3-4,11-12H2,1-2H3,(H,19,21). The topological polar surface area (TPSA) is 62.2 Å². The number of aliphatic hydroxyl groups excluding tert-OH is 1. The first-order valence-corrected chi connectivity index (χ1v) is 7.38. The number of hydrogen-bond donors (Lipinski definition) is 2. The van der Waals surface area contributed by atoms with E-state index in [1.165, 1.54) is 0 Å². The molecule has 0 fully saturated rings. The third-order valence-corrected chi connectivity index (χ3v) is 4.32. The van der Waals surface area contributed by atoms with E-state index >= 15 is 0 Å². The van der Waals surface area contributed by atoms with Crippen molar-refractivity contribution in [1.29, 1.82) is 0 Å². The van der Waals surface area contributed by atoms with E-state index in [-0.39, 0.29) is 17.9 Å². The molecule has 1 amide bonds. The second-order valence-corrected chi connectivity index (χ2v) is 5.46. The Morgan fingerprint density at radius 3 is 2.71 bits per heavy atom. The Balaban J connectivity index is 2.11. The Bertz CT molecular complexity index is 613. The van der Waals surface area contributed by atoms with Gasteiger partial charge in [0.2, 0.25) is 0 Å². The molecule has 2 N–H and O–H groups in total. The number of nitrogens with one attached hydrogen (secondary N) is 1. The van der Waals surface area contributed by atoms with E-state index in [1.807, 2.05) is 38.1 Å². The summed E-state index contributed by atoms with van der Waals surface area (Å²) in [6.45, 7) is 4.64. The van der Waals surface area contributed by atoms with Crippen LogP contribution in [0.25, 0.3) is 10.9 Å². The van der Waals surface area contributed by atoms with E-state index < -0.39 is 0 Å². The summed E-state index contributed by atoms with van der Waals surface area (Å²) in [5, 5.41) is 13.4. The summed E-state index contributed by atoms with van der Waals surface area (Å²) in [5.74, 6) is -0.111. The van der Waals surface area contributed by atoms with Crippen LogP contribution in [0.3, 0.4) is 0 Å². The monoisotopic (exact) mass is 286 g/mol. The SMILES string of the molecule is CCC(CC)(CO)CNC(=O)c1ccc2ncccc2c1. The highest BCUT2D eigenvalue weighted by Crippen LogP contribution is 2.24. The normalized spacial score (nSPS) is 11.6. The Labute approximate surface area is 125 Å². The summed E-state index contributed by atoms with van der Waals surface area (Å²) in [5.41, 5.74) is 1.27. The van der Waals surface area contributed by atoms with Crippen molar-refractivity contribution in [3.8, 4) is 0 Å². The second kappa shape index (κ2) is 6.68. The Morgan fingerprint density at radius 1 is 1.29 bits per heavy atom. The minimum Gasteiger partial charge on any atom is -0.396 e. The quantitative estimate of drug-likeness (QED) is 0.858. The lowest BCUT2D eigenvalue weighted by molar-refractivity contribution is 0.0851. The van der Waals surface area contributed by atoms with E-state index in [1.54, 1.807) is 12.3 Å². The van der Waals surface area contributed by atoms with Crippen LogP contribution in [0.2, 0.25) is 0 Å². The first-order valence-electron chi connectivity index (χ1n) is 7.38. The molecule has 0 saturated heterocycles. The van der Waals surface area contributed by atoms with Crippen molar-refractivity contribution >= 4 is 16.8 Å². The van der Waals surface area contributed by atoms with Crippen LogP contribution in [0.1, 0.15) is 37.0 Å². The molecule has 0 aliphatic heterocycles. The van der Waals surface area contributed by atoms with Gasteiger partial charge in [-0.3, -0.25) is 9.78 Å². The maximum Gasteiger partial charge on any atom is 0.251 e. The van der Waals surface area contributed by atoms with Gasteiger partial charge in [0.05, 0.1) is 12.1 Å². The van der Waals surface area contributed by atoms with Crippen LogP contribution in [0, 0.1) is 5.41 Å². The van der Waals surface area contributed by atoms with Crippen molar-refractivity contribution in [3.05, 3.63) is 42.1 Å². The Kier molecular flexibility index (Phi) is 4.91. The lowest BCUT2D eigenvalue weighted by atomic mass is 9.83. The largest absolute Gasteiger partial charge is 0.396 e. The van der Waals surface area contributed by atoms with Crippen molar-refractivity contribution < 1.29 is 9.90 Å². The summed E-state index contributed by atoms with van der Waals surface area (Å²) >= 11 is 0. The van der Waals surface area contributed by atoms with Crippen LogP contribution >= 0.6 is 0 Å². The van der Waals surface area contributed by atoms with E-state index in [9.17, 15) is 9.90 Å². The summed E-state index contributed by atoms with van der Waals surface area (Å²) in [4.78, 5) is 16.5. The molecule has 0 bridgehead atoms. The molecule has 0 radical (unpaired) electrons. The number of rotatable bonds is 6. The number of nitrogens with zero attached hydrogens (tertiary/aromatic N) is 1. The third-order valence-electron chi connectivity index (χ3n) is 4.32. The molecule has 21 heavy (non-hydrogen) atoms. The van der Waals surface area contributed by atoms with Crippen LogP contribution in [-0.4, -0.2) is 29.1 Å². The lowest BCUT2D eigenvalue weighted by Crippen LogP contribution is -2.39.